The fourth-order valence-electron chi connectivity index (χ4n) is 1.16. The van der Waals surface area contributed by atoms with E-state index in [1.165, 1.54) is 0 Å². The summed E-state index contributed by atoms with van der Waals surface area (Å²) in [6.45, 7) is 0. The normalized spacial score (nSPS) is 10.5. The van der Waals surface area contributed by atoms with Gasteiger partial charge in [0.05, 0.1) is 16.5 Å². The lowest BCUT2D eigenvalue weighted by Gasteiger charge is -1.99. The molecule has 1 aromatic heterocycles. The maximum Gasteiger partial charge on any atom is 0.339 e. The second-order valence-corrected chi connectivity index (χ2v) is 2.97. The fourth-order valence-corrected chi connectivity index (χ4v) is 1.42. The third-order valence-corrected chi connectivity index (χ3v) is 2.01. The molecule has 4 heteroatoms. The van der Waals surface area contributed by atoms with Crippen molar-refractivity contribution in [3.63, 3.8) is 0 Å². The first-order valence-corrected chi connectivity index (χ1v) is 3.97. The fraction of sp³-hybridized carbons (Fsp3) is 0. The summed E-state index contributed by atoms with van der Waals surface area (Å²) in [5.74, 6) is -0.156. The van der Waals surface area contributed by atoms with Gasteiger partial charge in [-0.15, -0.1) is 0 Å². The molecular formula is C9H5ClO3. The van der Waals surface area contributed by atoms with Crippen LogP contribution in [0.15, 0.2) is 33.5 Å². The number of hydrogen-bond acceptors (Lipinski definition) is 3. The second kappa shape index (κ2) is 2.78. The Morgan fingerprint density at radius 2 is 2.15 bits per heavy atom. The maximum absolute atomic E-state index is 10.8. The Bertz CT molecular complexity index is 516. The van der Waals surface area contributed by atoms with Gasteiger partial charge in [-0.05, 0) is 12.1 Å². The molecule has 0 saturated heterocycles. The van der Waals surface area contributed by atoms with Crippen molar-refractivity contribution in [2.75, 3.05) is 0 Å². The van der Waals surface area contributed by atoms with Gasteiger partial charge in [-0.2, -0.15) is 0 Å². The van der Waals surface area contributed by atoms with Gasteiger partial charge < -0.3 is 9.52 Å². The van der Waals surface area contributed by atoms with Crippen molar-refractivity contribution in [3.8, 4) is 5.75 Å². The summed E-state index contributed by atoms with van der Waals surface area (Å²) in [6.07, 6.45) is 0. The zero-order valence-electron chi connectivity index (χ0n) is 6.45. The summed E-state index contributed by atoms with van der Waals surface area (Å²) in [6, 6.07) is 5.83. The van der Waals surface area contributed by atoms with E-state index in [0.717, 1.165) is 6.07 Å². The van der Waals surface area contributed by atoms with Crippen LogP contribution in [0.5, 0.6) is 5.75 Å². The Hall–Kier alpha value is -1.48. The summed E-state index contributed by atoms with van der Waals surface area (Å²) in [5, 5.41) is 10.1. The molecule has 0 atom stereocenters. The number of halogens is 1. The zero-order chi connectivity index (χ0) is 9.42. The molecule has 0 radical (unpaired) electrons. The highest BCUT2D eigenvalue weighted by molar-refractivity contribution is 6.35. The third kappa shape index (κ3) is 1.27. The molecule has 0 saturated carbocycles. The molecule has 13 heavy (non-hydrogen) atoms. The van der Waals surface area contributed by atoms with E-state index >= 15 is 0 Å². The Balaban J connectivity index is 3.03. The van der Waals surface area contributed by atoms with Gasteiger partial charge in [-0.25, -0.2) is 4.79 Å². The zero-order valence-corrected chi connectivity index (χ0v) is 7.21. The van der Waals surface area contributed by atoms with Gasteiger partial charge in [0.1, 0.15) is 11.3 Å². The average Bonchev–Trinajstić information content (AvgIpc) is 2.02. The summed E-state index contributed by atoms with van der Waals surface area (Å²) < 4.78 is 4.82. The molecule has 1 aromatic carbocycles. The van der Waals surface area contributed by atoms with E-state index in [4.69, 9.17) is 16.0 Å². The third-order valence-electron chi connectivity index (χ3n) is 1.70. The van der Waals surface area contributed by atoms with Crippen LogP contribution in [-0.4, -0.2) is 5.11 Å². The van der Waals surface area contributed by atoms with Crippen molar-refractivity contribution in [1.29, 1.82) is 0 Å². The lowest BCUT2D eigenvalue weighted by molar-refractivity contribution is 0.468. The largest absolute Gasteiger partial charge is 0.507 e. The van der Waals surface area contributed by atoms with Crippen molar-refractivity contribution in [1.82, 2.24) is 0 Å². The minimum atomic E-state index is -0.590. The number of benzene rings is 1. The molecule has 0 fully saturated rings. The minimum Gasteiger partial charge on any atom is -0.507 e. The van der Waals surface area contributed by atoms with E-state index in [2.05, 4.69) is 0 Å². The Morgan fingerprint density at radius 1 is 1.38 bits per heavy atom. The van der Waals surface area contributed by atoms with Crippen LogP contribution in [0.25, 0.3) is 11.0 Å². The number of hydrogen-bond donors (Lipinski definition) is 1. The number of rotatable bonds is 0. The van der Waals surface area contributed by atoms with Gasteiger partial charge in [0.2, 0.25) is 0 Å². The van der Waals surface area contributed by atoms with Crippen LogP contribution in [-0.2, 0) is 0 Å². The molecule has 1 heterocycles. The Labute approximate surface area is 78.2 Å². The maximum atomic E-state index is 10.8. The van der Waals surface area contributed by atoms with Crippen LogP contribution in [0.1, 0.15) is 0 Å². The van der Waals surface area contributed by atoms with E-state index in [0.29, 0.717) is 10.4 Å². The standard InChI is InChI=1S/C9H5ClO3/c10-5-2-1-3-7-9(5)6(11)4-8(12)13-7/h1-4,11H. The Kier molecular flexibility index (Phi) is 1.74. The van der Waals surface area contributed by atoms with Crippen LogP contribution in [0, 0.1) is 0 Å². The summed E-state index contributed by atoms with van der Waals surface area (Å²) in [7, 11) is 0. The lowest BCUT2D eigenvalue weighted by atomic mass is 10.2. The molecule has 0 aliphatic heterocycles. The molecule has 66 valence electrons. The van der Waals surface area contributed by atoms with Crippen LogP contribution >= 0.6 is 11.6 Å². The van der Waals surface area contributed by atoms with Gasteiger partial charge in [0.25, 0.3) is 0 Å². The van der Waals surface area contributed by atoms with Crippen molar-refractivity contribution in [2.45, 2.75) is 0 Å². The highest BCUT2D eigenvalue weighted by Crippen LogP contribution is 2.29. The topological polar surface area (TPSA) is 50.4 Å². The molecule has 0 aliphatic rings. The minimum absolute atomic E-state index is 0.156. The number of aromatic hydroxyl groups is 1. The number of fused-ring (bicyclic) bond motifs is 1. The van der Waals surface area contributed by atoms with Crippen LogP contribution < -0.4 is 5.63 Å². The first kappa shape index (κ1) is 8.13. The van der Waals surface area contributed by atoms with Crippen molar-refractivity contribution in [3.05, 3.63) is 39.7 Å². The van der Waals surface area contributed by atoms with Crippen LogP contribution in [0.3, 0.4) is 0 Å². The van der Waals surface area contributed by atoms with Gasteiger partial charge in [0, 0.05) is 0 Å². The molecule has 0 aliphatic carbocycles. The monoisotopic (exact) mass is 196 g/mol. The van der Waals surface area contributed by atoms with Gasteiger partial charge in [-0.1, -0.05) is 17.7 Å². The van der Waals surface area contributed by atoms with Crippen molar-refractivity contribution in [2.24, 2.45) is 0 Å². The SMILES string of the molecule is O=c1cc(O)c2c(Cl)cccc2o1. The van der Waals surface area contributed by atoms with E-state index in [-0.39, 0.29) is 11.3 Å². The van der Waals surface area contributed by atoms with Gasteiger partial charge >= 0.3 is 5.63 Å². The highest BCUT2D eigenvalue weighted by Gasteiger charge is 2.06. The average molecular weight is 197 g/mol. The first-order chi connectivity index (χ1) is 6.18. The van der Waals surface area contributed by atoms with E-state index < -0.39 is 5.63 Å². The molecule has 2 aromatic rings. The predicted octanol–water partition coefficient (Wildman–Crippen LogP) is 2.15. The van der Waals surface area contributed by atoms with Crippen LogP contribution in [0.4, 0.5) is 0 Å². The highest BCUT2D eigenvalue weighted by atomic mass is 35.5. The quantitative estimate of drug-likeness (QED) is 0.657. The molecular weight excluding hydrogens is 192 g/mol. The van der Waals surface area contributed by atoms with E-state index in [9.17, 15) is 9.90 Å². The van der Waals surface area contributed by atoms with Crippen molar-refractivity contribution < 1.29 is 9.52 Å². The molecule has 1 N–H and O–H groups in total. The molecule has 0 bridgehead atoms. The summed E-state index contributed by atoms with van der Waals surface area (Å²) in [5.41, 5.74) is -0.301. The van der Waals surface area contributed by atoms with Gasteiger partial charge in [0.15, 0.2) is 0 Å². The smallest absolute Gasteiger partial charge is 0.339 e. The Morgan fingerprint density at radius 3 is 2.92 bits per heavy atom. The van der Waals surface area contributed by atoms with Crippen LogP contribution in [0.2, 0.25) is 5.02 Å². The second-order valence-electron chi connectivity index (χ2n) is 2.56. The van der Waals surface area contributed by atoms with Crippen molar-refractivity contribution >= 4 is 22.6 Å². The summed E-state index contributed by atoms with van der Waals surface area (Å²) in [4.78, 5) is 10.8. The predicted molar refractivity (Wildman–Crippen MR) is 49.2 cm³/mol. The lowest BCUT2D eigenvalue weighted by Crippen LogP contribution is -1.95. The molecule has 0 spiro atoms. The molecule has 0 unspecified atom stereocenters. The first-order valence-electron chi connectivity index (χ1n) is 3.60. The molecule has 0 amide bonds. The van der Waals surface area contributed by atoms with E-state index in [1.807, 2.05) is 0 Å². The molecule has 2 rings (SSSR count). The van der Waals surface area contributed by atoms with Gasteiger partial charge in [-0.3, -0.25) is 0 Å². The summed E-state index contributed by atoms with van der Waals surface area (Å²) >= 11 is 5.79. The molecule has 3 nitrogen and oxygen atoms in total. The van der Waals surface area contributed by atoms with E-state index in [1.54, 1.807) is 18.2 Å².